The minimum absolute atomic E-state index is 0.209. The van der Waals surface area contributed by atoms with Gasteiger partial charge in [-0.2, -0.15) is 0 Å². The lowest BCUT2D eigenvalue weighted by Crippen LogP contribution is -2.31. The van der Waals surface area contributed by atoms with Gasteiger partial charge in [-0.05, 0) is 38.3 Å². The Kier molecular flexibility index (Phi) is 7.13. The number of carbonyl (C=O) groups excluding carboxylic acids is 1. The Morgan fingerprint density at radius 3 is 2.00 bits per heavy atom. The monoisotopic (exact) mass is 255 g/mol. The average molecular weight is 255 g/mol. The summed E-state index contributed by atoms with van der Waals surface area (Å²) in [5, 5.41) is 3.16. The van der Waals surface area contributed by atoms with E-state index in [4.69, 9.17) is 0 Å². The summed E-state index contributed by atoms with van der Waals surface area (Å²) in [6, 6.07) is 0. The number of hydrogen-bond donors (Lipinski definition) is 1. The summed E-state index contributed by atoms with van der Waals surface area (Å²) in [5.41, 5.74) is 0.0213. The first-order valence-electron chi connectivity index (χ1n) is 7.27. The van der Waals surface area contributed by atoms with Crippen molar-refractivity contribution in [2.75, 3.05) is 13.6 Å². The third-order valence-electron chi connectivity index (χ3n) is 3.20. The number of rotatable bonds is 7. The fraction of sp³-hybridized carbons (Fsp3) is 0.938. The highest BCUT2D eigenvalue weighted by Gasteiger charge is 2.31. The molecule has 0 aliphatic rings. The third-order valence-corrected chi connectivity index (χ3v) is 3.20. The molecule has 0 rings (SSSR count). The maximum atomic E-state index is 12.5. The van der Waals surface area contributed by atoms with Gasteiger partial charge in [0.05, 0.1) is 0 Å². The van der Waals surface area contributed by atoms with Crippen molar-refractivity contribution in [3.8, 4) is 0 Å². The summed E-state index contributed by atoms with van der Waals surface area (Å²) in [6.45, 7) is 13.8. The molecule has 18 heavy (non-hydrogen) atoms. The Balaban J connectivity index is 4.49. The maximum absolute atomic E-state index is 12.5. The number of Topliss-reactive ketones (excluding diaryl/α,β-unsaturated/α-hetero) is 1. The van der Waals surface area contributed by atoms with Crippen molar-refractivity contribution in [1.82, 2.24) is 5.32 Å². The molecule has 0 saturated carbocycles. The minimum Gasteiger partial charge on any atom is -0.320 e. The first-order valence-corrected chi connectivity index (χ1v) is 7.27. The standard InChI is InChI=1S/C16H33NO/c1-15(2,3)12-13(10-8-9-11-17-7)14(18)16(4,5)6/h13,17H,8-12H2,1-7H3/t13-/m1/s1. The predicted octanol–water partition coefficient (Wildman–Crippen LogP) is 4.04. The minimum atomic E-state index is -0.209. The smallest absolute Gasteiger partial charge is 0.141 e. The third kappa shape index (κ3) is 7.86. The first kappa shape index (κ1) is 17.6. The van der Waals surface area contributed by atoms with Crippen LogP contribution in [-0.4, -0.2) is 19.4 Å². The van der Waals surface area contributed by atoms with Gasteiger partial charge >= 0.3 is 0 Å². The number of unbranched alkanes of at least 4 members (excludes halogenated alkanes) is 1. The summed E-state index contributed by atoms with van der Waals surface area (Å²) >= 11 is 0. The SMILES string of the molecule is CNCCCC[C@H](CC(C)(C)C)C(=O)C(C)(C)C. The van der Waals surface area contributed by atoms with Crippen LogP contribution in [0.1, 0.15) is 67.2 Å². The molecule has 1 N–H and O–H groups in total. The summed E-state index contributed by atoms with van der Waals surface area (Å²) in [5.74, 6) is 0.656. The molecule has 0 aliphatic heterocycles. The van der Waals surface area contributed by atoms with E-state index in [0.717, 1.165) is 32.2 Å². The molecule has 0 aromatic carbocycles. The van der Waals surface area contributed by atoms with Gasteiger partial charge in [0.1, 0.15) is 5.78 Å². The topological polar surface area (TPSA) is 29.1 Å². The number of hydrogen-bond acceptors (Lipinski definition) is 2. The molecule has 0 aromatic heterocycles. The number of carbonyl (C=O) groups is 1. The molecule has 1 atom stereocenters. The highest BCUT2D eigenvalue weighted by Crippen LogP contribution is 2.33. The molecular formula is C16H33NO. The van der Waals surface area contributed by atoms with E-state index in [1.807, 2.05) is 27.8 Å². The van der Waals surface area contributed by atoms with Crippen molar-refractivity contribution in [1.29, 1.82) is 0 Å². The highest BCUT2D eigenvalue weighted by molar-refractivity contribution is 5.85. The van der Waals surface area contributed by atoms with Crippen molar-refractivity contribution in [3.63, 3.8) is 0 Å². The van der Waals surface area contributed by atoms with E-state index >= 15 is 0 Å². The van der Waals surface area contributed by atoms with Crippen LogP contribution < -0.4 is 5.32 Å². The van der Waals surface area contributed by atoms with Gasteiger partial charge in [0, 0.05) is 11.3 Å². The molecule has 0 heterocycles. The zero-order valence-electron chi connectivity index (χ0n) is 13.5. The van der Waals surface area contributed by atoms with Crippen LogP contribution in [0.5, 0.6) is 0 Å². The van der Waals surface area contributed by atoms with Gasteiger partial charge in [0.25, 0.3) is 0 Å². The first-order chi connectivity index (χ1) is 8.08. The van der Waals surface area contributed by atoms with E-state index in [9.17, 15) is 4.79 Å². The second-order valence-corrected chi connectivity index (χ2v) is 7.68. The van der Waals surface area contributed by atoms with Crippen LogP contribution in [0.4, 0.5) is 0 Å². The van der Waals surface area contributed by atoms with E-state index in [0.29, 0.717) is 5.78 Å². The van der Waals surface area contributed by atoms with Gasteiger partial charge < -0.3 is 5.32 Å². The fourth-order valence-corrected chi connectivity index (χ4v) is 2.37. The molecule has 0 fully saturated rings. The zero-order chi connectivity index (χ0) is 14.4. The van der Waals surface area contributed by atoms with Crippen LogP contribution >= 0.6 is 0 Å². The van der Waals surface area contributed by atoms with Crippen LogP contribution in [0, 0.1) is 16.7 Å². The summed E-state index contributed by atoms with van der Waals surface area (Å²) in [4.78, 5) is 12.5. The maximum Gasteiger partial charge on any atom is 0.141 e. The Morgan fingerprint density at radius 2 is 1.61 bits per heavy atom. The molecule has 0 aliphatic carbocycles. The van der Waals surface area contributed by atoms with Crippen molar-refractivity contribution in [2.24, 2.45) is 16.7 Å². The molecule has 0 saturated heterocycles. The lowest BCUT2D eigenvalue weighted by Gasteiger charge is -2.30. The Morgan fingerprint density at radius 1 is 1.06 bits per heavy atom. The van der Waals surface area contributed by atoms with Gasteiger partial charge in [0.15, 0.2) is 0 Å². The number of ketones is 1. The van der Waals surface area contributed by atoms with Crippen LogP contribution in [0.3, 0.4) is 0 Å². The van der Waals surface area contributed by atoms with Gasteiger partial charge in [-0.3, -0.25) is 4.79 Å². The Labute approximate surface area is 114 Å². The highest BCUT2D eigenvalue weighted by atomic mass is 16.1. The summed E-state index contributed by atoms with van der Waals surface area (Å²) < 4.78 is 0. The van der Waals surface area contributed by atoms with E-state index in [-0.39, 0.29) is 16.7 Å². The molecule has 0 spiro atoms. The van der Waals surface area contributed by atoms with E-state index in [1.54, 1.807) is 0 Å². The fourth-order valence-electron chi connectivity index (χ4n) is 2.37. The quantitative estimate of drug-likeness (QED) is 0.696. The molecule has 2 heteroatoms. The van der Waals surface area contributed by atoms with E-state index in [1.165, 1.54) is 0 Å². The van der Waals surface area contributed by atoms with Crippen LogP contribution in [0.2, 0.25) is 0 Å². The molecule has 108 valence electrons. The van der Waals surface area contributed by atoms with Crippen molar-refractivity contribution in [2.45, 2.75) is 67.2 Å². The summed E-state index contributed by atoms with van der Waals surface area (Å²) in [6.07, 6.45) is 4.34. The van der Waals surface area contributed by atoms with E-state index < -0.39 is 0 Å². The van der Waals surface area contributed by atoms with Gasteiger partial charge in [-0.1, -0.05) is 48.0 Å². The van der Waals surface area contributed by atoms with Gasteiger partial charge in [-0.15, -0.1) is 0 Å². The molecule has 0 radical (unpaired) electrons. The largest absolute Gasteiger partial charge is 0.320 e. The second-order valence-electron chi connectivity index (χ2n) is 7.68. The molecule has 0 amide bonds. The van der Waals surface area contributed by atoms with Crippen LogP contribution in [-0.2, 0) is 4.79 Å². The molecule has 0 unspecified atom stereocenters. The average Bonchev–Trinajstić information content (AvgIpc) is 2.18. The molecular weight excluding hydrogens is 222 g/mol. The lowest BCUT2D eigenvalue weighted by atomic mass is 9.74. The van der Waals surface area contributed by atoms with Crippen LogP contribution in [0.25, 0.3) is 0 Å². The van der Waals surface area contributed by atoms with Crippen molar-refractivity contribution >= 4 is 5.78 Å². The van der Waals surface area contributed by atoms with Crippen molar-refractivity contribution in [3.05, 3.63) is 0 Å². The second kappa shape index (κ2) is 7.28. The predicted molar refractivity (Wildman–Crippen MR) is 79.8 cm³/mol. The van der Waals surface area contributed by atoms with Crippen LogP contribution in [0.15, 0.2) is 0 Å². The molecule has 0 aromatic rings. The van der Waals surface area contributed by atoms with Crippen molar-refractivity contribution < 1.29 is 4.79 Å². The van der Waals surface area contributed by atoms with Gasteiger partial charge in [0.2, 0.25) is 0 Å². The lowest BCUT2D eigenvalue weighted by molar-refractivity contribution is -0.131. The molecule has 2 nitrogen and oxygen atoms in total. The van der Waals surface area contributed by atoms with E-state index in [2.05, 4.69) is 26.1 Å². The zero-order valence-corrected chi connectivity index (χ0v) is 13.5. The Hall–Kier alpha value is -0.370. The molecule has 0 bridgehead atoms. The normalized spacial score (nSPS) is 14.6. The Bertz CT molecular complexity index is 245. The summed E-state index contributed by atoms with van der Waals surface area (Å²) in [7, 11) is 1.98. The number of nitrogens with one attached hydrogen (secondary N) is 1. The van der Waals surface area contributed by atoms with Gasteiger partial charge in [-0.25, -0.2) is 0 Å².